The fraction of sp³-hybridized carbons (Fsp3) is 0.250. The Labute approximate surface area is 56.0 Å². The molecule has 0 N–H and O–H groups in total. The van der Waals surface area contributed by atoms with E-state index >= 15 is 0 Å². The number of furan rings is 1. The second-order valence-electron chi connectivity index (χ2n) is 1.26. The molecule has 1 nitrogen and oxygen atoms in total. The van der Waals surface area contributed by atoms with Crippen LogP contribution in [-0.4, -0.2) is 0 Å². The van der Waals surface area contributed by atoms with E-state index in [-0.39, 0.29) is 0 Å². The lowest BCUT2D eigenvalue weighted by Crippen LogP contribution is -1.50. The van der Waals surface area contributed by atoms with Gasteiger partial charge in [-0.3, -0.25) is 0 Å². The van der Waals surface area contributed by atoms with Gasteiger partial charge in [-0.1, -0.05) is 26.5 Å². The van der Waals surface area contributed by atoms with Crippen molar-refractivity contribution < 1.29 is 4.42 Å². The summed E-state index contributed by atoms with van der Waals surface area (Å²) in [5.41, 5.74) is 1.03. The molecule has 9 heavy (non-hydrogen) atoms. The zero-order valence-corrected chi connectivity index (χ0v) is 5.92. The van der Waals surface area contributed by atoms with Crippen molar-refractivity contribution in [3.63, 3.8) is 0 Å². The fourth-order valence-corrected chi connectivity index (χ4v) is 0.391. The first-order chi connectivity index (χ1) is 4.43. The molecule has 0 aromatic carbocycles. The highest BCUT2D eigenvalue weighted by molar-refractivity contribution is 5.43. The van der Waals surface area contributed by atoms with Gasteiger partial charge in [0.15, 0.2) is 0 Å². The van der Waals surface area contributed by atoms with Gasteiger partial charge >= 0.3 is 0 Å². The van der Waals surface area contributed by atoms with Crippen molar-refractivity contribution in [1.29, 1.82) is 0 Å². The first-order valence-corrected chi connectivity index (χ1v) is 3.08. The van der Waals surface area contributed by atoms with E-state index in [0.717, 1.165) is 5.56 Å². The van der Waals surface area contributed by atoms with Crippen LogP contribution in [0, 0.1) is 0 Å². The molecule has 0 saturated heterocycles. The van der Waals surface area contributed by atoms with Crippen LogP contribution in [0.5, 0.6) is 0 Å². The van der Waals surface area contributed by atoms with Crippen LogP contribution in [0.1, 0.15) is 19.4 Å². The zero-order valence-electron chi connectivity index (χ0n) is 5.92. The van der Waals surface area contributed by atoms with Crippen molar-refractivity contribution in [3.8, 4) is 0 Å². The van der Waals surface area contributed by atoms with Crippen LogP contribution in [0.4, 0.5) is 0 Å². The number of hydrogen-bond acceptors (Lipinski definition) is 1. The second kappa shape index (κ2) is 5.16. The Bertz CT molecular complexity index is 140. The molecule has 0 atom stereocenters. The Kier molecular flexibility index (Phi) is 4.60. The Hall–Kier alpha value is -0.980. The Morgan fingerprint density at radius 1 is 1.56 bits per heavy atom. The normalized spacial score (nSPS) is 7.33. The predicted molar refractivity (Wildman–Crippen MR) is 40.1 cm³/mol. The van der Waals surface area contributed by atoms with E-state index in [4.69, 9.17) is 4.42 Å². The van der Waals surface area contributed by atoms with Gasteiger partial charge in [0.05, 0.1) is 12.5 Å². The molecule has 1 aromatic heterocycles. The molecule has 0 bridgehead atoms. The zero-order chi connectivity index (χ0) is 7.11. The molecule has 0 fully saturated rings. The average Bonchev–Trinajstić information content (AvgIpc) is 2.43. The SMILES string of the molecule is C=Cc1ccoc1.CC. The van der Waals surface area contributed by atoms with E-state index in [1.165, 1.54) is 0 Å². The molecule has 50 valence electrons. The lowest BCUT2D eigenvalue weighted by Gasteiger charge is -1.69. The molecule has 0 aliphatic heterocycles. The minimum atomic E-state index is 1.03. The van der Waals surface area contributed by atoms with E-state index in [0.29, 0.717) is 0 Å². The molecule has 0 aliphatic carbocycles. The largest absolute Gasteiger partial charge is 0.472 e. The quantitative estimate of drug-likeness (QED) is 0.561. The Morgan fingerprint density at radius 2 is 2.22 bits per heavy atom. The highest BCUT2D eigenvalue weighted by Gasteiger charge is 1.79. The highest BCUT2D eigenvalue weighted by atomic mass is 16.3. The van der Waals surface area contributed by atoms with Gasteiger partial charge in [0, 0.05) is 5.56 Å². The Balaban J connectivity index is 0.000000291. The molecular formula is C8H12O. The maximum Gasteiger partial charge on any atom is 0.0974 e. The van der Waals surface area contributed by atoms with Gasteiger partial charge in [-0.15, -0.1) is 0 Å². The van der Waals surface area contributed by atoms with Gasteiger partial charge < -0.3 is 4.42 Å². The van der Waals surface area contributed by atoms with Crippen LogP contribution in [0.3, 0.4) is 0 Å². The molecule has 0 spiro atoms. The highest BCUT2D eigenvalue weighted by Crippen LogP contribution is 1.98. The van der Waals surface area contributed by atoms with Crippen molar-refractivity contribution in [1.82, 2.24) is 0 Å². The topological polar surface area (TPSA) is 13.1 Å². The standard InChI is InChI=1S/C6H6O.C2H6/c1-2-6-3-4-7-5-6;1-2/h2-5H,1H2;1-2H3. The van der Waals surface area contributed by atoms with Crippen LogP contribution < -0.4 is 0 Å². The van der Waals surface area contributed by atoms with Gasteiger partial charge in [-0.05, 0) is 6.07 Å². The molecule has 0 amide bonds. The van der Waals surface area contributed by atoms with Crippen molar-refractivity contribution in [2.45, 2.75) is 13.8 Å². The maximum atomic E-state index is 4.73. The summed E-state index contributed by atoms with van der Waals surface area (Å²) >= 11 is 0. The van der Waals surface area contributed by atoms with Crippen molar-refractivity contribution in [3.05, 3.63) is 30.7 Å². The Morgan fingerprint density at radius 3 is 2.44 bits per heavy atom. The second-order valence-corrected chi connectivity index (χ2v) is 1.26. The van der Waals surface area contributed by atoms with E-state index in [1.54, 1.807) is 18.6 Å². The molecule has 1 heteroatoms. The number of hydrogen-bond donors (Lipinski definition) is 0. The maximum absolute atomic E-state index is 4.73. The van der Waals surface area contributed by atoms with Crippen LogP contribution in [0.25, 0.3) is 6.08 Å². The molecule has 1 aromatic rings. The smallest absolute Gasteiger partial charge is 0.0974 e. The molecule has 1 heterocycles. The van der Waals surface area contributed by atoms with Gasteiger partial charge in [0.2, 0.25) is 0 Å². The van der Waals surface area contributed by atoms with Gasteiger partial charge in [0.1, 0.15) is 0 Å². The van der Waals surface area contributed by atoms with Gasteiger partial charge in [0.25, 0.3) is 0 Å². The molecule has 0 unspecified atom stereocenters. The van der Waals surface area contributed by atoms with Gasteiger partial charge in [-0.2, -0.15) is 0 Å². The minimum Gasteiger partial charge on any atom is -0.472 e. The van der Waals surface area contributed by atoms with Crippen LogP contribution in [-0.2, 0) is 0 Å². The van der Waals surface area contributed by atoms with Gasteiger partial charge in [-0.25, -0.2) is 0 Å². The predicted octanol–water partition coefficient (Wildman–Crippen LogP) is 2.95. The monoisotopic (exact) mass is 124 g/mol. The molecule has 0 radical (unpaired) electrons. The molecule has 0 aliphatic rings. The third-order valence-electron chi connectivity index (χ3n) is 0.779. The summed E-state index contributed by atoms with van der Waals surface area (Å²) in [6.07, 6.45) is 5.01. The first-order valence-electron chi connectivity index (χ1n) is 3.08. The lowest BCUT2D eigenvalue weighted by molar-refractivity contribution is 0.567. The van der Waals surface area contributed by atoms with E-state index in [2.05, 4.69) is 6.58 Å². The average molecular weight is 124 g/mol. The summed E-state index contributed by atoms with van der Waals surface area (Å²) in [4.78, 5) is 0. The van der Waals surface area contributed by atoms with E-state index in [1.807, 2.05) is 19.9 Å². The van der Waals surface area contributed by atoms with E-state index < -0.39 is 0 Å². The summed E-state index contributed by atoms with van der Waals surface area (Å²) in [6, 6.07) is 1.85. The van der Waals surface area contributed by atoms with E-state index in [9.17, 15) is 0 Å². The van der Waals surface area contributed by atoms with Crippen molar-refractivity contribution >= 4 is 6.08 Å². The molecule has 1 rings (SSSR count). The summed E-state index contributed by atoms with van der Waals surface area (Å²) in [6.45, 7) is 7.54. The third kappa shape index (κ3) is 2.75. The van der Waals surface area contributed by atoms with Crippen LogP contribution in [0.15, 0.2) is 29.6 Å². The minimum absolute atomic E-state index is 1.03. The van der Waals surface area contributed by atoms with Crippen molar-refractivity contribution in [2.75, 3.05) is 0 Å². The fourth-order valence-electron chi connectivity index (χ4n) is 0.391. The van der Waals surface area contributed by atoms with Crippen LogP contribution >= 0.6 is 0 Å². The summed E-state index contributed by atoms with van der Waals surface area (Å²) in [5, 5.41) is 0. The molecule has 0 saturated carbocycles. The number of rotatable bonds is 1. The lowest BCUT2D eigenvalue weighted by atomic mass is 10.3. The summed E-state index contributed by atoms with van der Waals surface area (Å²) < 4.78 is 4.73. The summed E-state index contributed by atoms with van der Waals surface area (Å²) in [5.74, 6) is 0. The van der Waals surface area contributed by atoms with Crippen LogP contribution in [0.2, 0.25) is 0 Å². The summed E-state index contributed by atoms with van der Waals surface area (Å²) in [7, 11) is 0. The third-order valence-corrected chi connectivity index (χ3v) is 0.779. The van der Waals surface area contributed by atoms with Crippen molar-refractivity contribution in [2.24, 2.45) is 0 Å². The molecular weight excluding hydrogens is 112 g/mol. The first kappa shape index (κ1) is 8.02.